The van der Waals surface area contributed by atoms with E-state index in [1.54, 1.807) is 0 Å². The summed E-state index contributed by atoms with van der Waals surface area (Å²) < 4.78 is 5.42. The monoisotopic (exact) mass is 240 g/mol. The summed E-state index contributed by atoms with van der Waals surface area (Å²) in [6, 6.07) is 0.849. The molecule has 0 aromatic carbocycles. The van der Waals surface area contributed by atoms with Gasteiger partial charge in [-0.3, -0.25) is 4.79 Å². The molecule has 1 aliphatic carbocycles. The Morgan fingerprint density at radius 1 is 1.41 bits per heavy atom. The number of morpholine rings is 1. The van der Waals surface area contributed by atoms with Crippen LogP contribution in [0.1, 0.15) is 39.0 Å². The summed E-state index contributed by atoms with van der Waals surface area (Å²) in [5, 5.41) is 3.39. The molecular formula is C13H24N2O2. The van der Waals surface area contributed by atoms with E-state index in [4.69, 9.17) is 4.74 Å². The van der Waals surface area contributed by atoms with Gasteiger partial charge >= 0.3 is 0 Å². The van der Waals surface area contributed by atoms with Gasteiger partial charge in [-0.25, -0.2) is 0 Å². The lowest BCUT2D eigenvalue weighted by atomic mass is 10.1. The molecule has 1 saturated carbocycles. The minimum atomic E-state index is 0.243. The van der Waals surface area contributed by atoms with Gasteiger partial charge in [-0.15, -0.1) is 0 Å². The zero-order chi connectivity index (χ0) is 12.1. The van der Waals surface area contributed by atoms with Crippen LogP contribution in [0.4, 0.5) is 0 Å². The molecule has 98 valence electrons. The second kappa shape index (κ2) is 6.36. The number of carbonyl (C=O) groups is 1. The summed E-state index contributed by atoms with van der Waals surface area (Å²) in [6.45, 7) is 4.76. The summed E-state index contributed by atoms with van der Waals surface area (Å²) in [5.74, 6) is 0.243. The van der Waals surface area contributed by atoms with E-state index in [9.17, 15) is 4.79 Å². The number of ether oxygens (including phenoxy) is 1. The highest BCUT2D eigenvalue weighted by Gasteiger charge is 2.26. The van der Waals surface area contributed by atoms with Gasteiger partial charge in [-0.2, -0.15) is 0 Å². The molecule has 4 nitrogen and oxygen atoms in total. The van der Waals surface area contributed by atoms with Crippen molar-refractivity contribution in [1.82, 2.24) is 10.2 Å². The summed E-state index contributed by atoms with van der Waals surface area (Å²) in [7, 11) is 0. The van der Waals surface area contributed by atoms with Crippen molar-refractivity contribution in [1.29, 1.82) is 0 Å². The zero-order valence-electron chi connectivity index (χ0n) is 10.8. The standard InChI is InChI=1S/C13H24N2O2/c1-2-12-10-17-8-7-15(12)13(16)9-14-11-5-3-4-6-11/h11-12,14H,2-10H2,1H3. The van der Waals surface area contributed by atoms with E-state index in [1.165, 1.54) is 25.7 Å². The van der Waals surface area contributed by atoms with Crippen molar-refractivity contribution >= 4 is 5.91 Å². The van der Waals surface area contributed by atoms with E-state index in [-0.39, 0.29) is 11.9 Å². The maximum atomic E-state index is 12.1. The Hall–Kier alpha value is -0.610. The number of hydrogen-bond acceptors (Lipinski definition) is 3. The molecule has 0 aromatic rings. The van der Waals surface area contributed by atoms with Gasteiger partial charge < -0.3 is 15.0 Å². The molecule has 1 N–H and O–H groups in total. The molecule has 1 aliphatic heterocycles. The number of rotatable bonds is 4. The molecule has 17 heavy (non-hydrogen) atoms. The predicted octanol–water partition coefficient (Wildman–Crippen LogP) is 1.16. The van der Waals surface area contributed by atoms with Crippen LogP contribution in [0.3, 0.4) is 0 Å². The van der Waals surface area contributed by atoms with Crippen LogP contribution < -0.4 is 5.32 Å². The van der Waals surface area contributed by atoms with Crippen molar-refractivity contribution < 1.29 is 9.53 Å². The number of nitrogens with zero attached hydrogens (tertiary/aromatic N) is 1. The fourth-order valence-electron chi connectivity index (χ4n) is 2.78. The van der Waals surface area contributed by atoms with E-state index < -0.39 is 0 Å². The number of amides is 1. The highest BCUT2D eigenvalue weighted by molar-refractivity contribution is 5.78. The molecule has 4 heteroatoms. The molecule has 2 aliphatic rings. The Bertz CT molecular complexity index is 252. The maximum absolute atomic E-state index is 12.1. The third-order valence-electron chi connectivity index (χ3n) is 3.92. The molecule has 0 radical (unpaired) electrons. The molecule has 2 fully saturated rings. The minimum absolute atomic E-state index is 0.243. The van der Waals surface area contributed by atoms with Gasteiger partial charge in [-0.05, 0) is 19.3 Å². The summed E-state index contributed by atoms with van der Waals surface area (Å²) in [5.41, 5.74) is 0. The van der Waals surface area contributed by atoms with Gasteiger partial charge in [0.1, 0.15) is 0 Å². The van der Waals surface area contributed by atoms with Crippen LogP contribution in [0.5, 0.6) is 0 Å². The third-order valence-corrected chi connectivity index (χ3v) is 3.92. The largest absolute Gasteiger partial charge is 0.377 e. The van der Waals surface area contributed by atoms with Crippen molar-refractivity contribution in [3.63, 3.8) is 0 Å². The van der Waals surface area contributed by atoms with Crippen LogP contribution in [-0.4, -0.2) is 49.2 Å². The van der Waals surface area contributed by atoms with Crippen molar-refractivity contribution in [2.45, 2.75) is 51.1 Å². The van der Waals surface area contributed by atoms with E-state index in [2.05, 4.69) is 12.2 Å². The Labute approximate surface area is 104 Å². The number of hydrogen-bond donors (Lipinski definition) is 1. The molecular weight excluding hydrogens is 216 g/mol. The first-order valence-electron chi connectivity index (χ1n) is 6.92. The quantitative estimate of drug-likeness (QED) is 0.801. The Morgan fingerprint density at radius 2 is 2.18 bits per heavy atom. The Kier molecular flexibility index (Phi) is 4.80. The highest BCUT2D eigenvalue weighted by Crippen LogP contribution is 2.17. The molecule has 1 heterocycles. The van der Waals surface area contributed by atoms with Crippen molar-refractivity contribution in [3.05, 3.63) is 0 Å². The van der Waals surface area contributed by atoms with Gasteiger partial charge in [0.25, 0.3) is 0 Å². The van der Waals surface area contributed by atoms with Crippen LogP contribution in [0, 0.1) is 0 Å². The molecule has 2 rings (SSSR count). The van der Waals surface area contributed by atoms with Crippen LogP contribution >= 0.6 is 0 Å². The summed E-state index contributed by atoms with van der Waals surface area (Å²) >= 11 is 0. The predicted molar refractivity (Wildman–Crippen MR) is 66.9 cm³/mol. The van der Waals surface area contributed by atoms with Crippen molar-refractivity contribution in [3.8, 4) is 0 Å². The van der Waals surface area contributed by atoms with E-state index in [0.717, 1.165) is 13.0 Å². The minimum Gasteiger partial charge on any atom is -0.377 e. The first kappa shape index (κ1) is 12.8. The Balaban J connectivity index is 1.76. The van der Waals surface area contributed by atoms with E-state index >= 15 is 0 Å². The first-order valence-corrected chi connectivity index (χ1v) is 6.92. The van der Waals surface area contributed by atoms with Gasteiger partial charge in [0, 0.05) is 12.6 Å². The fraction of sp³-hybridized carbons (Fsp3) is 0.923. The average Bonchev–Trinajstić information content (AvgIpc) is 2.89. The second-order valence-electron chi connectivity index (χ2n) is 5.09. The number of nitrogens with one attached hydrogen (secondary N) is 1. The lowest BCUT2D eigenvalue weighted by Gasteiger charge is -2.35. The first-order chi connectivity index (χ1) is 8.31. The molecule has 0 bridgehead atoms. The molecule has 1 saturated heterocycles. The average molecular weight is 240 g/mol. The number of carbonyl (C=O) groups excluding carboxylic acids is 1. The van der Waals surface area contributed by atoms with Gasteiger partial charge in [-0.1, -0.05) is 19.8 Å². The van der Waals surface area contributed by atoms with Gasteiger partial charge in [0.05, 0.1) is 25.8 Å². The van der Waals surface area contributed by atoms with Crippen molar-refractivity contribution in [2.24, 2.45) is 0 Å². The van der Waals surface area contributed by atoms with Crippen LogP contribution in [0.2, 0.25) is 0 Å². The normalized spacial score (nSPS) is 26.4. The topological polar surface area (TPSA) is 41.6 Å². The molecule has 0 spiro atoms. The lowest BCUT2D eigenvalue weighted by Crippen LogP contribution is -2.51. The third kappa shape index (κ3) is 3.42. The van der Waals surface area contributed by atoms with Gasteiger partial charge in [0.15, 0.2) is 0 Å². The van der Waals surface area contributed by atoms with Gasteiger partial charge in [0.2, 0.25) is 5.91 Å². The molecule has 1 unspecified atom stereocenters. The molecule has 1 amide bonds. The maximum Gasteiger partial charge on any atom is 0.236 e. The van der Waals surface area contributed by atoms with Crippen LogP contribution in [-0.2, 0) is 9.53 Å². The van der Waals surface area contributed by atoms with Crippen molar-refractivity contribution in [2.75, 3.05) is 26.3 Å². The van der Waals surface area contributed by atoms with E-state index in [0.29, 0.717) is 25.8 Å². The lowest BCUT2D eigenvalue weighted by molar-refractivity contribution is -0.139. The molecule has 1 atom stereocenters. The summed E-state index contributed by atoms with van der Waals surface area (Å²) in [6.07, 6.45) is 6.05. The van der Waals surface area contributed by atoms with Crippen LogP contribution in [0.25, 0.3) is 0 Å². The molecule has 0 aromatic heterocycles. The Morgan fingerprint density at radius 3 is 2.88 bits per heavy atom. The van der Waals surface area contributed by atoms with E-state index in [1.807, 2.05) is 4.90 Å². The second-order valence-corrected chi connectivity index (χ2v) is 5.09. The van der Waals surface area contributed by atoms with Crippen LogP contribution in [0.15, 0.2) is 0 Å². The summed E-state index contributed by atoms with van der Waals surface area (Å²) in [4.78, 5) is 14.1. The zero-order valence-corrected chi connectivity index (χ0v) is 10.8. The smallest absolute Gasteiger partial charge is 0.236 e. The SMILES string of the molecule is CCC1COCCN1C(=O)CNC1CCCC1. The highest BCUT2D eigenvalue weighted by atomic mass is 16.5. The fourth-order valence-corrected chi connectivity index (χ4v) is 2.78.